The van der Waals surface area contributed by atoms with Crippen LogP contribution >= 0.6 is 11.6 Å². The molecule has 0 heterocycles. The highest BCUT2D eigenvalue weighted by molar-refractivity contribution is 6.32. The molecule has 2 aromatic carbocycles. The number of anilines is 2. The molecule has 2 aromatic rings. The van der Waals surface area contributed by atoms with Crippen molar-refractivity contribution < 1.29 is 19.2 Å². The van der Waals surface area contributed by atoms with Gasteiger partial charge in [0, 0.05) is 23.7 Å². The molecule has 1 aliphatic rings. The van der Waals surface area contributed by atoms with Gasteiger partial charge in [0.25, 0.3) is 11.6 Å². The molecule has 0 radical (unpaired) electrons. The molecule has 3 rings (SSSR count). The number of nitrogens with zero attached hydrogens (tertiary/aromatic N) is 1. The monoisotopic (exact) mass is 391 g/mol. The molecule has 1 fully saturated rings. The number of carbonyl (C=O) groups excluding carboxylic acids is 1. The van der Waals surface area contributed by atoms with Gasteiger partial charge in [0.1, 0.15) is 17.2 Å². The number of methoxy groups -OCH3 is 2. The lowest BCUT2D eigenvalue weighted by molar-refractivity contribution is -0.384. The van der Waals surface area contributed by atoms with Crippen molar-refractivity contribution in [3.05, 3.63) is 51.0 Å². The van der Waals surface area contributed by atoms with Crippen LogP contribution in [-0.2, 0) is 0 Å². The van der Waals surface area contributed by atoms with Gasteiger partial charge in [-0.25, -0.2) is 0 Å². The lowest BCUT2D eigenvalue weighted by atomic mass is 10.1. The second kappa shape index (κ2) is 7.71. The average Bonchev–Trinajstić information content (AvgIpc) is 3.46. The maximum absolute atomic E-state index is 12.6. The standard InChI is InChI=1S/C18H18ClN3O5/c1-26-16-9-17(27-2)14(8-12(16)19)21-18(23)10-3-6-13(20-11-4-5-11)15(7-10)22(24)25/h3,6-9,11,20H,4-5H2,1-2H3,(H,21,23). The van der Waals surface area contributed by atoms with Gasteiger partial charge >= 0.3 is 0 Å². The minimum atomic E-state index is -0.518. The Morgan fingerprint density at radius 1 is 1.15 bits per heavy atom. The topological polar surface area (TPSA) is 103 Å². The molecule has 9 heteroatoms. The van der Waals surface area contributed by atoms with Gasteiger partial charge in [-0.15, -0.1) is 0 Å². The third-order valence-corrected chi connectivity index (χ3v) is 4.41. The van der Waals surface area contributed by atoms with E-state index in [0.717, 1.165) is 12.8 Å². The van der Waals surface area contributed by atoms with Crippen molar-refractivity contribution in [1.82, 2.24) is 0 Å². The summed E-state index contributed by atoms with van der Waals surface area (Å²) in [6, 6.07) is 7.62. The van der Waals surface area contributed by atoms with E-state index < -0.39 is 10.8 Å². The number of nitro groups is 1. The largest absolute Gasteiger partial charge is 0.495 e. The van der Waals surface area contributed by atoms with E-state index >= 15 is 0 Å². The molecular weight excluding hydrogens is 374 g/mol. The molecule has 1 amide bonds. The highest BCUT2D eigenvalue weighted by Gasteiger charge is 2.25. The van der Waals surface area contributed by atoms with Crippen molar-refractivity contribution in [3.63, 3.8) is 0 Å². The van der Waals surface area contributed by atoms with Gasteiger partial charge in [-0.2, -0.15) is 0 Å². The van der Waals surface area contributed by atoms with Crippen LogP contribution in [0.15, 0.2) is 30.3 Å². The quantitative estimate of drug-likeness (QED) is 0.544. The van der Waals surface area contributed by atoms with E-state index in [1.165, 1.54) is 32.4 Å². The molecule has 0 unspecified atom stereocenters. The molecule has 2 N–H and O–H groups in total. The minimum Gasteiger partial charge on any atom is -0.495 e. The summed E-state index contributed by atoms with van der Waals surface area (Å²) in [4.78, 5) is 23.4. The van der Waals surface area contributed by atoms with Gasteiger partial charge in [0.2, 0.25) is 0 Å². The third-order valence-electron chi connectivity index (χ3n) is 4.12. The molecule has 0 bridgehead atoms. The first kappa shape index (κ1) is 18.8. The van der Waals surface area contributed by atoms with Gasteiger partial charge in [0.15, 0.2) is 0 Å². The first-order chi connectivity index (χ1) is 12.9. The van der Waals surface area contributed by atoms with E-state index in [4.69, 9.17) is 21.1 Å². The molecule has 0 spiro atoms. The van der Waals surface area contributed by atoms with Crippen molar-refractivity contribution in [2.45, 2.75) is 18.9 Å². The lowest BCUT2D eigenvalue weighted by Crippen LogP contribution is -2.14. The van der Waals surface area contributed by atoms with Gasteiger partial charge in [-0.1, -0.05) is 11.6 Å². The Morgan fingerprint density at radius 3 is 2.44 bits per heavy atom. The molecule has 0 aromatic heterocycles. The normalized spacial score (nSPS) is 13.0. The molecule has 0 atom stereocenters. The fourth-order valence-electron chi connectivity index (χ4n) is 2.55. The van der Waals surface area contributed by atoms with Crippen LogP contribution in [0.3, 0.4) is 0 Å². The summed E-state index contributed by atoms with van der Waals surface area (Å²) in [5.74, 6) is 0.236. The second-order valence-corrected chi connectivity index (χ2v) is 6.46. The third kappa shape index (κ3) is 4.22. The highest BCUT2D eigenvalue weighted by atomic mass is 35.5. The highest BCUT2D eigenvalue weighted by Crippen LogP contribution is 2.36. The molecule has 1 saturated carbocycles. The molecule has 0 aliphatic heterocycles. The van der Waals surface area contributed by atoms with Crippen LogP contribution in [0.4, 0.5) is 17.1 Å². The Balaban J connectivity index is 1.86. The number of ether oxygens (including phenoxy) is 2. The summed E-state index contributed by atoms with van der Waals surface area (Å²) in [6.45, 7) is 0. The van der Waals surface area contributed by atoms with Crippen molar-refractivity contribution in [1.29, 1.82) is 0 Å². The van der Waals surface area contributed by atoms with Gasteiger partial charge in [-0.3, -0.25) is 14.9 Å². The number of nitro benzene ring substituents is 1. The van der Waals surface area contributed by atoms with Gasteiger partial charge in [-0.05, 0) is 31.0 Å². The molecule has 142 valence electrons. The Hall–Kier alpha value is -3.00. The van der Waals surface area contributed by atoms with Crippen LogP contribution in [0.2, 0.25) is 5.02 Å². The number of carbonyl (C=O) groups is 1. The zero-order valence-corrected chi connectivity index (χ0v) is 15.5. The van der Waals surface area contributed by atoms with E-state index in [0.29, 0.717) is 27.9 Å². The Bertz CT molecular complexity index is 899. The van der Waals surface area contributed by atoms with Crippen molar-refractivity contribution >= 4 is 34.6 Å². The van der Waals surface area contributed by atoms with E-state index in [1.807, 2.05) is 0 Å². The summed E-state index contributed by atoms with van der Waals surface area (Å²) < 4.78 is 10.4. The van der Waals surface area contributed by atoms with Gasteiger partial charge in [0.05, 0.1) is 29.9 Å². The predicted octanol–water partition coefficient (Wildman–Crippen LogP) is 4.09. The number of hydrogen-bond donors (Lipinski definition) is 2. The maximum Gasteiger partial charge on any atom is 0.293 e. The number of benzene rings is 2. The van der Waals surface area contributed by atoms with Crippen LogP contribution in [0.5, 0.6) is 11.5 Å². The number of nitrogens with one attached hydrogen (secondary N) is 2. The Labute approximate surface area is 160 Å². The van der Waals surface area contributed by atoms with E-state index in [1.54, 1.807) is 12.1 Å². The summed E-state index contributed by atoms with van der Waals surface area (Å²) >= 11 is 6.10. The number of hydrogen-bond acceptors (Lipinski definition) is 6. The predicted molar refractivity (Wildman–Crippen MR) is 102 cm³/mol. The van der Waals surface area contributed by atoms with Crippen LogP contribution in [0.25, 0.3) is 0 Å². The van der Waals surface area contributed by atoms with E-state index in [9.17, 15) is 14.9 Å². The summed E-state index contributed by atoms with van der Waals surface area (Å²) in [7, 11) is 2.91. The molecule has 27 heavy (non-hydrogen) atoms. The zero-order chi connectivity index (χ0) is 19.6. The molecule has 0 saturated heterocycles. The smallest absolute Gasteiger partial charge is 0.293 e. The van der Waals surface area contributed by atoms with Crippen LogP contribution < -0.4 is 20.1 Å². The molecule has 8 nitrogen and oxygen atoms in total. The average molecular weight is 392 g/mol. The van der Waals surface area contributed by atoms with E-state index in [2.05, 4.69) is 10.6 Å². The van der Waals surface area contributed by atoms with Crippen LogP contribution in [-0.4, -0.2) is 31.1 Å². The fraction of sp³-hybridized carbons (Fsp3) is 0.278. The van der Waals surface area contributed by atoms with E-state index in [-0.39, 0.29) is 17.3 Å². The Morgan fingerprint density at radius 2 is 1.85 bits per heavy atom. The summed E-state index contributed by atoms with van der Waals surface area (Å²) in [6.07, 6.45) is 1.97. The minimum absolute atomic E-state index is 0.144. The zero-order valence-electron chi connectivity index (χ0n) is 14.7. The first-order valence-corrected chi connectivity index (χ1v) is 8.58. The van der Waals surface area contributed by atoms with Gasteiger partial charge < -0.3 is 20.1 Å². The van der Waals surface area contributed by atoms with Crippen molar-refractivity contribution in [2.75, 3.05) is 24.9 Å². The molecular formula is C18H18ClN3O5. The lowest BCUT2D eigenvalue weighted by Gasteiger charge is -2.13. The first-order valence-electron chi connectivity index (χ1n) is 8.20. The maximum atomic E-state index is 12.6. The SMILES string of the molecule is COc1cc(OC)c(NC(=O)c2ccc(NC3CC3)c([N+](=O)[O-])c2)cc1Cl. The number of rotatable bonds is 7. The number of amides is 1. The fourth-order valence-corrected chi connectivity index (χ4v) is 2.79. The number of halogens is 1. The summed E-state index contributed by atoms with van der Waals surface area (Å²) in [5, 5.41) is 17.4. The van der Waals surface area contributed by atoms with Crippen molar-refractivity contribution in [3.8, 4) is 11.5 Å². The second-order valence-electron chi connectivity index (χ2n) is 6.05. The van der Waals surface area contributed by atoms with Crippen LogP contribution in [0, 0.1) is 10.1 Å². The Kier molecular flexibility index (Phi) is 5.36. The molecule has 1 aliphatic carbocycles. The summed E-state index contributed by atoms with van der Waals surface area (Å²) in [5.41, 5.74) is 0.742. The van der Waals surface area contributed by atoms with Crippen molar-refractivity contribution in [2.24, 2.45) is 0 Å². The van der Waals surface area contributed by atoms with Crippen LogP contribution in [0.1, 0.15) is 23.2 Å².